The monoisotopic (exact) mass is 221 g/mol. The largest absolute Gasteiger partial charge is 0.367 e. The van der Waals surface area contributed by atoms with Crippen LogP contribution < -0.4 is 10.6 Å². The molecule has 2 N–H and O–H groups in total. The molecule has 6 heteroatoms. The number of rotatable bonds is 3. The number of anilines is 2. The summed E-state index contributed by atoms with van der Waals surface area (Å²) in [7, 11) is 1.96. The molecule has 0 bridgehead atoms. The number of nitrogens with two attached hydrogens (primary N) is 1. The number of hydrogen-bond acceptors (Lipinski definition) is 6. The number of pyridine rings is 1. The first-order valence-electron chi connectivity index (χ1n) is 4.45. The van der Waals surface area contributed by atoms with Crippen LogP contribution in [0.3, 0.4) is 0 Å². The second-order valence-electron chi connectivity index (χ2n) is 3.15. The molecule has 0 fully saturated rings. The molecule has 5 nitrogen and oxygen atoms in total. The zero-order chi connectivity index (χ0) is 10.7. The van der Waals surface area contributed by atoms with Crippen LogP contribution in [0.2, 0.25) is 0 Å². The fraction of sp³-hybridized carbons (Fsp3) is 0.222. The molecule has 0 unspecified atom stereocenters. The molecule has 0 aliphatic heterocycles. The molecule has 78 valence electrons. The first kappa shape index (κ1) is 9.85. The molecule has 0 amide bonds. The Bertz CT molecular complexity index is 427. The number of hydrogen-bond donors (Lipinski definition) is 1. The minimum absolute atomic E-state index is 0.330. The molecule has 0 spiro atoms. The molecule has 0 radical (unpaired) electrons. The second kappa shape index (κ2) is 4.22. The van der Waals surface area contributed by atoms with E-state index in [0.717, 1.165) is 11.7 Å². The van der Waals surface area contributed by atoms with E-state index >= 15 is 0 Å². The predicted molar refractivity (Wildman–Crippen MR) is 60.7 cm³/mol. The fourth-order valence-corrected chi connectivity index (χ4v) is 1.77. The van der Waals surface area contributed by atoms with Crippen LogP contribution in [0.4, 0.5) is 11.1 Å². The third kappa shape index (κ3) is 2.41. The molecule has 2 aromatic heterocycles. The van der Waals surface area contributed by atoms with Gasteiger partial charge in [0.15, 0.2) is 0 Å². The van der Waals surface area contributed by atoms with Crippen molar-refractivity contribution in [1.82, 2.24) is 14.3 Å². The first-order valence-corrected chi connectivity index (χ1v) is 5.22. The Morgan fingerprint density at radius 2 is 2.13 bits per heavy atom. The van der Waals surface area contributed by atoms with Gasteiger partial charge in [-0.2, -0.15) is 9.36 Å². The fourth-order valence-electron chi connectivity index (χ4n) is 1.21. The van der Waals surface area contributed by atoms with Gasteiger partial charge in [-0.3, -0.25) is 4.98 Å². The molecular formula is C9H11N5S. The third-order valence-corrected chi connectivity index (χ3v) is 2.77. The summed E-state index contributed by atoms with van der Waals surface area (Å²) in [6.07, 6.45) is 3.55. The highest BCUT2D eigenvalue weighted by atomic mass is 32.1. The average molecular weight is 221 g/mol. The summed E-state index contributed by atoms with van der Waals surface area (Å²) in [5.41, 5.74) is 6.64. The van der Waals surface area contributed by atoms with E-state index in [0.29, 0.717) is 5.95 Å². The summed E-state index contributed by atoms with van der Waals surface area (Å²) in [6.45, 7) is 0.775. The quantitative estimate of drug-likeness (QED) is 0.842. The van der Waals surface area contributed by atoms with Gasteiger partial charge in [0.25, 0.3) is 0 Å². The predicted octanol–water partition coefficient (Wildman–Crippen LogP) is 1.15. The van der Waals surface area contributed by atoms with Crippen molar-refractivity contribution >= 4 is 22.6 Å². The Kier molecular flexibility index (Phi) is 2.77. The molecule has 0 saturated heterocycles. The average Bonchev–Trinajstić information content (AvgIpc) is 2.66. The van der Waals surface area contributed by atoms with Crippen LogP contribution in [0.5, 0.6) is 0 Å². The lowest BCUT2D eigenvalue weighted by molar-refractivity contribution is 0.912. The molecule has 0 aliphatic rings. The van der Waals surface area contributed by atoms with Gasteiger partial charge in [0.1, 0.15) is 0 Å². The van der Waals surface area contributed by atoms with Crippen molar-refractivity contribution in [3.8, 4) is 0 Å². The Hall–Kier alpha value is -1.69. The smallest absolute Gasteiger partial charge is 0.233 e. The van der Waals surface area contributed by atoms with Gasteiger partial charge >= 0.3 is 0 Å². The molecule has 0 aliphatic carbocycles. The van der Waals surface area contributed by atoms with Crippen molar-refractivity contribution in [1.29, 1.82) is 0 Å². The van der Waals surface area contributed by atoms with Crippen LogP contribution in [-0.4, -0.2) is 21.4 Å². The first-order chi connectivity index (χ1) is 7.25. The minimum atomic E-state index is 0.330. The van der Waals surface area contributed by atoms with E-state index in [4.69, 9.17) is 5.73 Å². The van der Waals surface area contributed by atoms with Crippen LogP contribution in [0.1, 0.15) is 5.56 Å². The van der Waals surface area contributed by atoms with Gasteiger partial charge in [-0.25, -0.2) is 0 Å². The molecule has 15 heavy (non-hydrogen) atoms. The highest BCUT2D eigenvalue weighted by Crippen LogP contribution is 2.18. The van der Waals surface area contributed by atoms with Crippen LogP contribution in [0, 0.1) is 0 Å². The van der Waals surface area contributed by atoms with Gasteiger partial charge in [0.05, 0.1) is 0 Å². The van der Waals surface area contributed by atoms with Crippen LogP contribution in [0.25, 0.3) is 0 Å². The maximum absolute atomic E-state index is 5.46. The molecule has 2 aromatic rings. The normalized spacial score (nSPS) is 10.2. The van der Waals surface area contributed by atoms with E-state index in [1.807, 2.05) is 24.1 Å². The van der Waals surface area contributed by atoms with Gasteiger partial charge in [-0.1, -0.05) is 0 Å². The lowest BCUT2D eigenvalue weighted by Gasteiger charge is -2.14. The summed E-state index contributed by atoms with van der Waals surface area (Å²) in [4.78, 5) is 10.1. The summed E-state index contributed by atoms with van der Waals surface area (Å²) < 4.78 is 3.93. The minimum Gasteiger partial charge on any atom is -0.367 e. The van der Waals surface area contributed by atoms with Crippen LogP contribution in [-0.2, 0) is 6.54 Å². The summed E-state index contributed by atoms with van der Waals surface area (Å²) in [5, 5.41) is 0.823. The van der Waals surface area contributed by atoms with E-state index in [1.54, 1.807) is 12.4 Å². The van der Waals surface area contributed by atoms with Gasteiger partial charge in [0.2, 0.25) is 11.1 Å². The van der Waals surface area contributed by atoms with Crippen molar-refractivity contribution in [3.05, 3.63) is 30.1 Å². The van der Waals surface area contributed by atoms with E-state index < -0.39 is 0 Å². The van der Waals surface area contributed by atoms with E-state index in [-0.39, 0.29) is 0 Å². The maximum Gasteiger partial charge on any atom is 0.233 e. The highest BCUT2D eigenvalue weighted by Gasteiger charge is 2.06. The van der Waals surface area contributed by atoms with Crippen molar-refractivity contribution in [3.63, 3.8) is 0 Å². The highest BCUT2D eigenvalue weighted by molar-refractivity contribution is 7.09. The number of nitrogens with zero attached hydrogens (tertiary/aromatic N) is 4. The topological polar surface area (TPSA) is 67.9 Å². The van der Waals surface area contributed by atoms with Crippen molar-refractivity contribution < 1.29 is 0 Å². The summed E-state index contributed by atoms with van der Waals surface area (Å²) in [6, 6.07) is 3.95. The molecule has 2 rings (SSSR count). The van der Waals surface area contributed by atoms with Gasteiger partial charge < -0.3 is 10.6 Å². The van der Waals surface area contributed by atoms with E-state index in [2.05, 4.69) is 14.3 Å². The third-order valence-electron chi connectivity index (χ3n) is 1.93. The maximum atomic E-state index is 5.46. The standard InChI is InChI=1S/C9H11N5S/c1-14(9-12-8(10)13-15-9)6-7-2-4-11-5-3-7/h2-5H,6H2,1H3,(H2,10,13). The summed E-state index contributed by atoms with van der Waals surface area (Å²) in [5.74, 6) is 0.330. The van der Waals surface area contributed by atoms with Gasteiger partial charge in [0, 0.05) is 37.5 Å². The zero-order valence-electron chi connectivity index (χ0n) is 8.29. The SMILES string of the molecule is CN(Cc1ccncc1)c1nc(N)ns1. The Morgan fingerprint density at radius 3 is 2.73 bits per heavy atom. The van der Waals surface area contributed by atoms with E-state index in [9.17, 15) is 0 Å². The molecular weight excluding hydrogens is 210 g/mol. The zero-order valence-corrected chi connectivity index (χ0v) is 9.11. The second-order valence-corrected chi connectivity index (χ2v) is 3.88. The summed E-state index contributed by atoms with van der Waals surface area (Å²) >= 11 is 1.30. The number of aromatic nitrogens is 3. The van der Waals surface area contributed by atoms with Crippen LogP contribution in [0.15, 0.2) is 24.5 Å². The molecule has 0 atom stereocenters. The van der Waals surface area contributed by atoms with E-state index in [1.165, 1.54) is 17.1 Å². The van der Waals surface area contributed by atoms with Crippen LogP contribution >= 0.6 is 11.5 Å². The van der Waals surface area contributed by atoms with Crippen molar-refractivity contribution in [2.75, 3.05) is 17.7 Å². The van der Waals surface area contributed by atoms with Gasteiger partial charge in [-0.05, 0) is 17.7 Å². The Labute approximate surface area is 91.8 Å². The number of nitrogen functional groups attached to an aromatic ring is 1. The van der Waals surface area contributed by atoms with Crippen molar-refractivity contribution in [2.24, 2.45) is 0 Å². The molecule has 2 heterocycles. The lowest BCUT2D eigenvalue weighted by Crippen LogP contribution is -2.16. The van der Waals surface area contributed by atoms with Gasteiger partial charge in [-0.15, -0.1) is 0 Å². The lowest BCUT2D eigenvalue weighted by atomic mass is 10.2. The Morgan fingerprint density at radius 1 is 1.40 bits per heavy atom. The molecule has 0 saturated carbocycles. The van der Waals surface area contributed by atoms with Crippen molar-refractivity contribution in [2.45, 2.75) is 6.54 Å². The Balaban J connectivity index is 2.07. The molecule has 0 aromatic carbocycles.